The Labute approximate surface area is 120 Å². The lowest BCUT2D eigenvalue weighted by Crippen LogP contribution is -2.31. The molecule has 1 amide bonds. The highest BCUT2D eigenvalue weighted by molar-refractivity contribution is 5.96. The van der Waals surface area contributed by atoms with Gasteiger partial charge in [-0.15, -0.1) is 0 Å². The Bertz CT molecular complexity index is 509. The molecule has 3 rings (SSSR count). The minimum Gasteiger partial charge on any atom is -0.491 e. The Balaban J connectivity index is 1.85. The van der Waals surface area contributed by atoms with Crippen molar-refractivity contribution in [1.82, 2.24) is 4.90 Å². The largest absolute Gasteiger partial charge is 0.491 e. The average molecular weight is 274 g/mol. The molecule has 0 radical (unpaired) electrons. The summed E-state index contributed by atoms with van der Waals surface area (Å²) in [6.45, 7) is 5.70. The number of fused-ring (bicyclic) bond motifs is 1. The summed E-state index contributed by atoms with van der Waals surface area (Å²) in [7, 11) is 1.84. The van der Waals surface area contributed by atoms with E-state index < -0.39 is 0 Å². The highest BCUT2D eigenvalue weighted by atomic mass is 16.5. The number of rotatable bonds is 2. The Morgan fingerprint density at radius 2 is 2.05 bits per heavy atom. The molecule has 1 atom stereocenters. The minimum atomic E-state index is -0.0885. The molecule has 0 saturated carbocycles. The number of hydrogen-bond donors (Lipinski definition) is 0. The van der Waals surface area contributed by atoms with Crippen molar-refractivity contribution in [1.29, 1.82) is 0 Å². The summed E-state index contributed by atoms with van der Waals surface area (Å²) in [5, 5.41) is 0. The lowest BCUT2D eigenvalue weighted by atomic mass is 10.1. The Kier molecular flexibility index (Phi) is 3.66. The summed E-state index contributed by atoms with van der Waals surface area (Å²) in [4.78, 5) is 16.4. The summed E-state index contributed by atoms with van der Waals surface area (Å²) >= 11 is 0. The Morgan fingerprint density at radius 3 is 2.80 bits per heavy atom. The van der Waals surface area contributed by atoms with Crippen molar-refractivity contribution in [2.45, 2.75) is 26.3 Å². The van der Waals surface area contributed by atoms with E-state index in [9.17, 15) is 4.79 Å². The fourth-order valence-corrected chi connectivity index (χ4v) is 2.98. The van der Waals surface area contributed by atoms with E-state index in [1.54, 1.807) is 4.90 Å². The van der Waals surface area contributed by atoms with Crippen molar-refractivity contribution < 1.29 is 9.53 Å². The van der Waals surface area contributed by atoms with Gasteiger partial charge in [0.25, 0.3) is 0 Å². The van der Waals surface area contributed by atoms with Crippen LogP contribution in [0.15, 0.2) is 18.2 Å². The van der Waals surface area contributed by atoms with Crippen molar-refractivity contribution in [3.05, 3.63) is 23.8 Å². The van der Waals surface area contributed by atoms with Gasteiger partial charge in [0.05, 0.1) is 18.2 Å². The Morgan fingerprint density at radius 1 is 1.30 bits per heavy atom. The van der Waals surface area contributed by atoms with Gasteiger partial charge in [-0.3, -0.25) is 9.69 Å². The van der Waals surface area contributed by atoms with E-state index in [4.69, 9.17) is 4.74 Å². The molecule has 108 valence electrons. The topological polar surface area (TPSA) is 32.8 Å². The third kappa shape index (κ3) is 2.52. The fraction of sp³-hybridized carbons (Fsp3) is 0.562. The van der Waals surface area contributed by atoms with Crippen molar-refractivity contribution in [2.75, 3.05) is 31.6 Å². The van der Waals surface area contributed by atoms with Crippen LogP contribution >= 0.6 is 0 Å². The zero-order valence-electron chi connectivity index (χ0n) is 12.3. The zero-order valence-corrected chi connectivity index (χ0v) is 12.3. The Hall–Kier alpha value is -1.55. The lowest BCUT2D eigenvalue weighted by molar-refractivity contribution is -0.122. The predicted octanol–water partition coefficient (Wildman–Crippen LogP) is 2.27. The normalized spacial score (nSPS) is 23.4. The second-order valence-corrected chi connectivity index (χ2v) is 5.89. The summed E-state index contributed by atoms with van der Waals surface area (Å²) < 4.78 is 5.75. The van der Waals surface area contributed by atoms with Crippen LogP contribution in [0.25, 0.3) is 0 Å². The second-order valence-electron chi connectivity index (χ2n) is 5.89. The molecule has 4 nitrogen and oxygen atoms in total. The van der Waals surface area contributed by atoms with Gasteiger partial charge >= 0.3 is 0 Å². The van der Waals surface area contributed by atoms with Crippen molar-refractivity contribution in [3.63, 3.8) is 0 Å². The summed E-state index contributed by atoms with van der Waals surface area (Å²) in [5.41, 5.74) is 2.15. The predicted molar refractivity (Wildman–Crippen MR) is 79.0 cm³/mol. The molecule has 2 heterocycles. The van der Waals surface area contributed by atoms with E-state index in [0.717, 1.165) is 18.0 Å². The third-order valence-corrected chi connectivity index (χ3v) is 4.23. The van der Waals surface area contributed by atoms with Gasteiger partial charge in [-0.05, 0) is 43.6 Å². The van der Waals surface area contributed by atoms with Gasteiger partial charge in [0, 0.05) is 13.6 Å². The molecule has 1 saturated heterocycles. The standard InChI is InChI=1S/C16H22N2O2/c1-12-11-20-15-6-5-13(10-18-7-3-4-8-18)9-14(15)17(2)16(12)19/h5-6,9,12H,3-4,7-8,10-11H2,1-2H3/t12-/m0/s1. The van der Waals surface area contributed by atoms with Gasteiger partial charge in [-0.25, -0.2) is 0 Å². The molecule has 20 heavy (non-hydrogen) atoms. The van der Waals surface area contributed by atoms with Gasteiger partial charge in [-0.2, -0.15) is 0 Å². The maximum atomic E-state index is 12.2. The average Bonchev–Trinajstić information content (AvgIpc) is 2.93. The van der Waals surface area contributed by atoms with Gasteiger partial charge in [-0.1, -0.05) is 13.0 Å². The van der Waals surface area contributed by atoms with Gasteiger partial charge in [0.1, 0.15) is 5.75 Å². The first kappa shape index (κ1) is 13.4. The highest BCUT2D eigenvalue weighted by Gasteiger charge is 2.26. The second kappa shape index (κ2) is 5.44. The van der Waals surface area contributed by atoms with E-state index in [0.29, 0.717) is 6.61 Å². The van der Waals surface area contributed by atoms with E-state index >= 15 is 0 Å². The van der Waals surface area contributed by atoms with Crippen molar-refractivity contribution in [2.24, 2.45) is 5.92 Å². The molecule has 0 bridgehead atoms. The molecular weight excluding hydrogens is 252 g/mol. The van der Waals surface area contributed by atoms with Gasteiger partial charge in [0.2, 0.25) is 5.91 Å². The fourth-order valence-electron chi connectivity index (χ4n) is 2.98. The molecule has 4 heteroatoms. The number of hydrogen-bond acceptors (Lipinski definition) is 3. The molecule has 2 aliphatic heterocycles. The van der Waals surface area contributed by atoms with Crippen LogP contribution in [-0.4, -0.2) is 37.6 Å². The van der Waals surface area contributed by atoms with E-state index in [1.165, 1.54) is 31.5 Å². The number of anilines is 1. The maximum absolute atomic E-state index is 12.2. The third-order valence-electron chi connectivity index (χ3n) is 4.23. The van der Waals surface area contributed by atoms with Gasteiger partial charge < -0.3 is 9.64 Å². The SMILES string of the molecule is C[C@H]1COc2ccc(CN3CCCC3)cc2N(C)C1=O. The van der Waals surface area contributed by atoms with Crippen molar-refractivity contribution >= 4 is 11.6 Å². The summed E-state index contributed by atoms with van der Waals surface area (Å²) in [6, 6.07) is 6.22. The zero-order chi connectivity index (χ0) is 14.1. The van der Waals surface area contributed by atoms with Crippen LogP contribution in [0, 0.1) is 5.92 Å². The number of likely N-dealkylation sites (tertiary alicyclic amines) is 1. The first-order valence-electron chi connectivity index (χ1n) is 7.41. The molecule has 0 unspecified atom stereocenters. The van der Waals surface area contributed by atoms with Crippen LogP contribution in [-0.2, 0) is 11.3 Å². The number of benzene rings is 1. The van der Waals surface area contributed by atoms with E-state index in [2.05, 4.69) is 17.0 Å². The molecular formula is C16H22N2O2. The summed E-state index contributed by atoms with van der Waals surface area (Å²) in [5.74, 6) is 0.854. The van der Waals surface area contributed by atoms with Gasteiger partial charge in [0.15, 0.2) is 0 Å². The number of amides is 1. The molecule has 0 aliphatic carbocycles. The molecule has 0 N–H and O–H groups in total. The molecule has 1 fully saturated rings. The van der Waals surface area contributed by atoms with Crippen LogP contribution in [0.4, 0.5) is 5.69 Å². The molecule has 1 aromatic rings. The molecule has 2 aliphatic rings. The van der Waals surface area contributed by atoms with Crippen LogP contribution in [0.1, 0.15) is 25.3 Å². The number of ether oxygens (including phenoxy) is 1. The van der Waals surface area contributed by atoms with E-state index in [-0.39, 0.29) is 11.8 Å². The monoisotopic (exact) mass is 274 g/mol. The van der Waals surface area contributed by atoms with Crippen molar-refractivity contribution in [3.8, 4) is 5.75 Å². The first-order chi connectivity index (χ1) is 9.65. The van der Waals surface area contributed by atoms with Crippen LogP contribution in [0.2, 0.25) is 0 Å². The van der Waals surface area contributed by atoms with Crippen LogP contribution < -0.4 is 9.64 Å². The highest BCUT2D eigenvalue weighted by Crippen LogP contribution is 2.33. The van der Waals surface area contributed by atoms with Crippen LogP contribution in [0.5, 0.6) is 5.75 Å². The first-order valence-corrected chi connectivity index (χ1v) is 7.41. The lowest BCUT2D eigenvalue weighted by Gasteiger charge is -2.20. The molecule has 0 aromatic heterocycles. The molecule has 1 aromatic carbocycles. The number of carbonyl (C=O) groups is 1. The minimum absolute atomic E-state index is 0.0885. The quantitative estimate of drug-likeness (QED) is 0.829. The number of nitrogens with zero attached hydrogens (tertiary/aromatic N) is 2. The molecule has 0 spiro atoms. The van der Waals surface area contributed by atoms with E-state index in [1.807, 2.05) is 20.0 Å². The van der Waals surface area contributed by atoms with Crippen LogP contribution in [0.3, 0.4) is 0 Å². The maximum Gasteiger partial charge on any atom is 0.233 e. The number of carbonyl (C=O) groups excluding carboxylic acids is 1. The summed E-state index contributed by atoms with van der Waals surface area (Å²) in [6.07, 6.45) is 2.59. The smallest absolute Gasteiger partial charge is 0.233 e.